The van der Waals surface area contributed by atoms with Crippen LogP contribution in [0.3, 0.4) is 0 Å². The number of hydrogen-bond acceptors (Lipinski definition) is 6. The normalized spacial score (nSPS) is 13.5. The van der Waals surface area contributed by atoms with Gasteiger partial charge in [0, 0.05) is 18.4 Å². The molecule has 9 heteroatoms. The summed E-state index contributed by atoms with van der Waals surface area (Å²) in [6.45, 7) is 1.88. The molecule has 0 atom stereocenters. The zero-order valence-corrected chi connectivity index (χ0v) is 12.9. The van der Waals surface area contributed by atoms with Crippen LogP contribution in [-0.4, -0.2) is 30.6 Å². The maximum atomic E-state index is 12.3. The molecule has 120 valence electrons. The van der Waals surface area contributed by atoms with Gasteiger partial charge in [0.2, 0.25) is 11.6 Å². The van der Waals surface area contributed by atoms with Gasteiger partial charge in [-0.25, -0.2) is 9.97 Å². The van der Waals surface area contributed by atoms with Crippen molar-refractivity contribution in [2.24, 2.45) is 7.05 Å². The van der Waals surface area contributed by atoms with Crippen molar-refractivity contribution in [1.82, 2.24) is 19.7 Å². The number of nitrogens with one attached hydrogen (secondary N) is 1. The van der Waals surface area contributed by atoms with Crippen LogP contribution in [0.2, 0.25) is 0 Å². The second kappa shape index (κ2) is 5.75. The Hall–Kier alpha value is -2.84. The van der Waals surface area contributed by atoms with Gasteiger partial charge in [0.1, 0.15) is 6.20 Å². The lowest BCUT2D eigenvalue weighted by Crippen LogP contribution is -2.19. The second-order valence-corrected chi connectivity index (χ2v) is 5.51. The van der Waals surface area contributed by atoms with Gasteiger partial charge < -0.3 is 0 Å². The van der Waals surface area contributed by atoms with Crippen LogP contribution in [0.1, 0.15) is 40.3 Å². The predicted molar refractivity (Wildman–Crippen MR) is 81.2 cm³/mol. The summed E-state index contributed by atoms with van der Waals surface area (Å²) in [5.74, 6) is -0.527. The molecule has 1 amide bonds. The summed E-state index contributed by atoms with van der Waals surface area (Å²) in [6.07, 6.45) is 5.16. The molecule has 1 aliphatic rings. The van der Waals surface area contributed by atoms with E-state index in [1.807, 2.05) is 6.92 Å². The van der Waals surface area contributed by atoms with Gasteiger partial charge in [-0.2, -0.15) is 5.10 Å². The lowest BCUT2D eigenvalue weighted by molar-refractivity contribution is -0.385. The molecule has 0 saturated heterocycles. The molecule has 1 N–H and O–H groups in total. The van der Waals surface area contributed by atoms with E-state index in [1.165, 1.54) is 17.9 Å². The van der Waals surface area contributed by atoms with Crippen molar-refractivity contribution in [1.29, 1.82) is 0 Å². The molecule has 2 heterocycles. The Kier molecular flexibility index (Phi) is 3.77. The van der Waals surface area contributed by atoms with Crippen LogP contribution >= 0.6 is 0 Å². The lowest BCUT2D eigenvalue weighted by Gasteiger charge is -2.17. The Morgan fingerprint density at radius 1 is 1.35 bits per heavy atom. The van der Waals surface area contributed by atoms with E-state index >= 15 is 0 Å². The van der Waals surface area contributed by atoms with Crippen LogP contribution in [0.15, 0.2) is 6.20 Å². The van der Waals surface area contributed by atoms with Crippen molar-refractivity contribution in [3.05, 3.63) is 39.0 Å². The van der Waals surface area contributed by atoms with E-state index in [1.54, 1.807) is 0 Å². The molecule has 0 bridgehead atoms. The first kappa shape index (κ1) is 15.1. The molecule has 0 aliphatic heterocycles. The Bertz CT molecular complexity index is 798. The van der Waals surface area contributed by atoms with E-state index in [0.717, 1.165) is 42.6 Å². The zero-order chi connectivity index (χ0) is 16.6. The summed E-state index contributed by atoms with van der Waals surface area (Å²) in [5.41, 5.74) is 2.31. The largest absolute Gasteiger partial charge is 0.320 e. The monoisotopic (exact) mass is 316 g/mol. The Morgan fingerprint density at radius 2 is 2.09 bits per heavy atom. The van der Waals surface area contributed by atoms with E-state index in [2.05, 4.69) is 20.4 Å². The highest BCUT2D eigenvalue weighted by atomic mass is 16.6. The van der Waals surface area contributed by atoms with E-state index in [4.69, 9.17) is 0 Å². The fourth-order valence-corrected chi connectivity index (χ4v) is 2.77. The molecule has 0 saturated carbocycles. The molecule has 0 aromatic carbocycles. The number of rotatable bonds is 3. The summed E-state index contributed by atoms with van der Waals surface area (Å²) in [5, 5.41) is 17.3. The fraction of sp³-hybridized carbons (Fsp3) is 0.429. The van der Waals surface area contributed by atoms with E-state index in [0.29, 0.717) is 0 Å². The summed E-state index contributed by atoms with van der Waals surface area (Å²) in [6, 6.07) is 0. The molecule has 1 aliphatic carbocycles. The number of carbonyl (C=O) groups excluding carboxylic acids is 1. The Labute approximate surface area is 131 Å². The van der Waals surface area contributed by atoms with Gasteiger partial charge in [-0.3, -0.25) is 24.9 Å². The molecule has 0 unspecified atom stereocenters. The van der Waals surface area contributed by atoms with Gasteiger partial charge in [-0.15, -0.1) is 0 Å². The van der Waals surface area contributed by atoms with E-state index in [9.17, 15) is 14.9 Å². The van der Waals surface area contributed by atoms with Crippen molar-refractivity contribution >= 4 is 17.5 Å². The Morgan fingerprint density at radius 3 is 2.83 bits per heavy atom. The summed E-state index contributed by atoms with van der Waals surface area (Å²) in [7, 11) is 1.52. The quantitative estimate of drug-likeness (QED) is 0.678. The minimum Gasteiger partial charge on any atom is -0.289 e. The first-order valence-electron chi connectivity index (χ1n) is 7.31. The number of hydrogen-bond donors (Lipinski definition) is 1. The molecule has 0 spiro atoms. The first-order chi connectivity index (χ1) is 11.0. The molecule has 2 aromatic heterocycles. The zero-order valence-electron chi connectivity index (χ0n) is 12.9. The topological polar surface area (TPSA) is 116 Å². The highest BCUT2D eigenvalue weighted by Gasteiger charge is 2.26. The fourth-order valence-electron chi connectivity index (χ4n) is 2.77. The van der Waals surface area contributed by atoms with Crippen molar-refractivity contribution in [2.75, 3.05) is 5.32 Å². The van der Waals surface area contributed by atoms with Crippen LogP contribution in [0.25, 0.3) is 0 Å². The molecule has 2 aromatic rings. The van der Waals surface area contributed by atoms with Gasteiger partial charge in [0.15, 0.2) is 0 Å². The predicted octanol–water partition coefficient (Wildman–Crippen LogP) is 1.56. The summed E-state index contributed by atoms with van der Waals surface area (Å²) >= 11 is 0. The van der Waals surface area contributed by atoms with Crippen LogP contribution in [0.5, 0.6) is 0 Å². The third-order valence-corrected chi connectivity index (χ3v) is 3.84. The van der Waals surface area contributed by atoms with Gasteiger partial charge in [-0.05, 0) is 38.2 Å². The Balaban J connectivity index is 1.89. The molecule has 0 fully saturated rings. The number of aromatic nitrogens is 4. The average molecular weight is 316 g/mol. The van der Waals surface area contributed by atoms with E-state index in [-0.39, 0.29) is 17.3 Å². The molecule has 3 rings (SSSR count). The van der Waals surface area contributed by atoms with Gasteiger partial charge in [0.05, 0.1) is 4.92 Å². The number of nitro groups is 1. The van der Waals surface area contributed by atoms with Crippen LogP contribution in [0, 0.1) is 17.0 Å². The summed E-state index contributed by atoms with van der Waals surface area (Å²) < 4.78 is 1.23. The number of aryl methyl sites for hydroxylation is 3. The number of carbonyl (C=O) groups is 1. The van der Waals surface area contributed by atoms with Crippen LogP contribution in [0.4, 0.5) is 11.6 Å². The highest BCUT2D eigenvalue weighted by molar-refractivity contribution is 6.04. The van der Waals surface area contributed by atoms with E-state index < -0.39 is 10.8 Å². The second-order valence-electron chi connectivity index (χ2n) is 5.51. The summed E-state index contributed by atoms with van der Waals surface area (Å²) in [4.78, 5) is 31.3. The van der Waals surface area contributed by atoms with Crippen LogP contribution < -0.4 is 5.32 Å². The minimum atomic E-state index is -0.688. The van der Waals surface area contributed by atoms with Crippen LogP contribution in [-0.2, 0) is 19.9 Å². The van der Waals surface area contributed by atoms with Gasteiger partial charge in [0.25, 0.3) is 5.91 Å². The van der Waals surface area contributed by atoms with Gasteiger partial charge >= 0.3 is 5.69 Å². The maximum Gasteiger partial charge on any atom is 0.320 e. The average Bonchev–Trinajstić information content (AvgIpc) is 2.90. The van der Waals surface area contributed by atoms with Crippen molar-refractivity contribution in [2.45, 2.75) is 32.6 Å². The van der Waals surface area contributed by atoms with Crippen molar-refractivity contribution in [3.63, 3.8) is 0 Å². The molecule has 0 radical (unpaired) electrons. The number of amides is 1. The van der Waals surface area contributed by atoms with Gasteiger partial charge in [-0.1, -0.05) is 0 Å². The maximum absolute atomic E-state index is 12.3. The van der Waals surface area contributed by atoms with Crippen molar-refractivity contribution in [3.8, 4) is 0 Å². The third-order valence-electron chi connectivity index (χ3n) is 3.84. The number of anilines is 1. The molecule has 9 nitrogen and oxygen atoms in total. The molecular weight excluding hydrogens is 300 g/mol. The number of nitrogens with zero attached hydrogens (tertiary/aromatic N) is 5. The number of fused-ring (bicyclic) bond motifs is 1. The first-order valence-corrected chi connectivity index (χ1v) is 7.31. The third kappa shape index (κ3) is 2.89. The standard InChI is InChI=1S/C14H16N6O3/c1-8-9-5-3-4-6-10(9)16-14(15-8)17-13(21)12-11(20(22)23)7-19(2)18-12/h7H,3-6H2,1-2H3,(H,15,16,17,21). The van der Waals surface area contributed by atoms with Crippen molar-refractivity contribution < 1.29 is 9.72 Å². The minimum absolute atomic E-state index is 0.160. The SMILES string of the molecule is Cc1nc(NC(=O)c2nn(C)cc2[N+](=O)[O-])nc2c1CCCC2. The smallest absolute Gasteiger partial charge is 0.289 e. The lowest BCUT2D eigenvalue weighted by atomic mass is 9.95. The molecule has 23 heavy (non-hydrogen) atoms. The molecular formula is C14H16N6O3. The highest BCUT2D eigenvalue weighted by Crippen LogP contribution is 2.23.